The van der Waals surface area contributed by atoms with Crippen LogP contribution in [0.3, 0.4) is 0 Å². The number of hydrogen-bond donors (Lipinski definition) is 1. The van der Waals surface area contributed by atoms with E-state index in [1.54, 1.807) is 0 Å². The quantitative estimate of drug-likeness (QED) is 0.812. The van der Waals surface area contributed by atoms with Crippen LogP contribution in [0.1, 0.15) is 75.5 Å². The minimum absolute atomic E-state index is 0.117. The van der Waals surface area contributed by atoms with E-state index in [9.17, 15) is 9.59 Å². The maximum Gasteiger partial charge on any atom is 0.226 e. The number of rotatable bonds is 5. The SMILES string of the molecule is CCC1c2ccccc2CCN1C(=O)CCNC(=O)C12CC3CC(CC(C3)C1)C2. The summed E-state index contributed by atoms with van der Waals surface area (Å²) in [6.07, 6.45) is 9.57. The second-order valence-electron chi connectivity index (χ2n) is 10.2. The third kappa shape index (κ3) is 3.39. The summed E-state index contributed by atoms with van der Waals surface area (Å²) in [7, 11) is 0. The molecule has 4 fully saturated rings. The lowest BCUT2D eigenvalue weighted by atomic mass is 9.49. The summed E-state index contributed by atoms with van der Waals surface area (Å²) < 4.78 is 0. The molecule has 1 N–H and O–H groups in total. The van der Waals surface area contributed by atoms with Crippen molar-refractivity contribution in [1.82, 2.24) is 10.2 Å². The van der Waals surface area contributed by atoms with Crippen LogP contribution in [0.4, 0.5) is 0 Å². The molecule has 0 aromatic heterocycles. The van der Waals surface area contributed by atoms with Crippen LogP contribution in [0.5, 0.6) is 0 Å². The number of fused-ring (bicyclic) bond motifs is 1. The average molecular weight is 395 g/mol. The normalized spacial score (nSPS) is 34.7. The number of nitrogens with zero attached hydrogens (tertiary/aromatic N) is 1. The predicted molar refractivity (Wildman–Crippen MR) is 113 cm³/mol. The highest BCUT2D eigenvalue weighted by Gasteiger charge is 2.54. The maximum atomic E-state index is 13.1. The van der Waals surface area contributed by atoms with E-state index < -0.39 is 0 Å². The van der Waals surface area contributed by atoms with Gasteiger partial charge in [0.1, 0.15) is 0 Å². The zero-order valence-electron chi connectivity index (χ0n) is 17.7. The second-order valence-corrected chi connectivity index (χ2v) is 10.2. The molecule has 1 aliphatic heterocycles. The van der Waals surface area contributed by atoms with Gasteiger partial charge in [-0.15, -0.1) is 0 Å². The topological polar surface area (TPSA) is 49.4 Å². The first-order valence-corrected chi connectivity index (χ1v) is 11.7. The summed E-state index contributed by atoms with van der Waals surface area (Å²) >= 11 is 0. The van der Waals surface area contributed by atoms with Crippen molar-refractivity contribution in [3.8, 4) is 0 Å². The van der Waals surface area contributed by atoms with Gasteiger partial charge < -0.3 is 10.2 Å². The highest BCUT2D eigenvalue weighted by atomic mass is 16.2. The van der Waals surface area contributed by atoms with E-state index in [1.807, 2.05) is 4.90 Å². The molecule has 4 nitrogen and oxygen atoms in total. The van der Waals surface area contributed by atoms with Crippen molar-refractivity contribution in [3.63, 3.8) is 0 Å². The van der Waals surface area contributed by atoms with E-state index in [0.717, 1.165) is 56.4 Å². The zero-order chi connectivity index (χ0) is 20.0. The molecule has 0 radical (unpaired) electrons. The Balaban J connectivity index is 1.18. The fraction of sp³-hybridized carbons (Fsp3) is 0.680. The Hall–Kier alpha value is -1.84. The van der Waals surface area contributed by atoms with Crippen molar-refractivity contribution in [3.05, 3.63) is 35.4 Å². The largest absolute Gasteiger partial charge is 0.355 e. The van der Waals surface area contributed by atoms with Crippen molar-refractivity contribution in [2.75, 3.05) is 13.1 Å². The van der Waals surface area contributed by atoms with Crippen molar-refractivity contribution in [2.45, 2.75) is 70.8 Å². The van der Waals surface area contributed by atoms with Crippen molar-refractivity contribution < 1.29 is 9.59 Å². The summed E-state index contributed by atoms with van der Waals surface area (Å²) in [5.74, 6) is 2.73. The number of amides is 2. The molecule has 6 rings (SSSR count). The molecule has 4 saturated carbocycles. The Morgan fingerprint density at radius 2 is 1.72 bits per heavy atom. The highest BCUT2D eigenvalue weighted by Crippen LogP contribution is 2.60. The monoisotopic (exact) mass is 394 g/mol. The van der Waals surface area contributed by atoms with Gasteiger partial charge in [0.25, 0.3) is 0 Å². The van der Waals surface area contributed by atoms with E-state index in [1.165, 1.54) is 30.4 Å². The van der Waals surface area contributed by atoms with Gasteiger partial charge in [-0.3, -0.25) is 9.59 Å². The molecule has 1 aromatic rings. The highest BCUT2D eigenvalue weighted by molar-refractivity contribution is 5.84. The van der Waals surface area contributed by atoms with Crippen LogP contribution in [-0.4, -0.2) is 29.8 Å². The fourth-order valence-electron chi connectivity index (χ4n) is 7.39. The van der Waals surface area contributed by atoms with Gasteiger partial charge in [0.2, 0.25) is 11.8 Å². The van der Waals surface area contributed by atoms with E-state index in [-0.39, 0.29) is 23.3 Å². The molecule has 0 saturated heterocycles. The standard InChI is InChI=1S/C25H34N2O2/c1-2-22-21-6-4-3-5-20(21)8-10-27(22)23(28)7-9-26-24(29)25-14-17-11-18(15-25)13-19(12-17)16-25/h3-6,17-19,22H,2,7-16H2,1H3,(H,26,29). The molecule has 1 unspecified atom stereocenters. The number of carbonyl (C=O) groups is 2. The Labute approximate surface area is 174 Å². The lowest BCUT2D eigenvalue weighted by Crippen LogP contribution is -2.54. The Bertz CT molecular complexity index is 766. The summed E-state index contributed by atoms with van der Waals surface area (Å²) in [6, 6.07) is 8.68. The van der Waals surface area contributed by atoms with Gasteiger partial charge in [-0.25, -0.2) is 0 Å². The van der Waals surface area contributed by atoms with E-state index in [4.69, 9.17) is 0 Å². The van der Waals surface area contributed by atoms with Crippen molar-refractivity contribution in [2.24, 2.45) is 23.2 Å². The summed E-state index contributed by atoms with van der Waals surface area (Å²) in [5, 5.41) is 3.18. The fourth-order valence-corrected chi connectivity index (χ4v) is 7.39. The van der Waals surface area contributed by atoms with E-state index >= 15 is 0 Å². The van der Waals surface area contributed by atoms with Gasteiger partial charge in [0.15, 0.2) is 0 Å². The molecule has 0 spiro atoms. The van der Waals surface area contributed by atoms with Crippen LogP contribution in [0.2, 0.25) is 0 Å². The lowest BCUT2D eigenvalue weighted by molar-refractivity contribution is -0.146. The maximum absolute atomic E-state index is 13.1. The molecule has 1 atom stereocenters. The average Bonchev–Trinajstić information content (AvgIpc) is 2.71. The van der Waals surface area contributed by atoms with Gasteiger partial charge in [0.05, 0.1) is 6.04 Å². The van der Waals surface area contributed by atoms with Crippen LogP contribution >= 0.6 is 0 Å². The zero-order valence-corrected chi connectivity index (χ0v) is 17.7. The molecule has 2 amide bonds. The third-order valence-corrected chi connectivity index (χ3v) is 8.26. The molecule has 4 aliphatic carbocycles. The van der Waals surface area contributed by atoms with Gasteiger partial charge in [-0.1, -0.05) is 31.2 Å². The Morgan fingerprint density at radius 3 is 2.38 bits per heavy atom. The molecule has 156 valence electrons. The molecule has 4 bridgehead atoms. The first kappa shape index (κ1) is 19.1. The first-order valence-electron chi connectivity index (χ1n) is 11.7. The molecule has 1 heterocycles. The molecule has 4 heteroatoms. The van der Waals surface area contributed by atoms with Gasteiger partial charge in [-0.2, -0.15) is 0 Å². The smallest absolute Gasteiger partial charge is 0.226 e. The molecule has 29 heavy (non-hydrogen) atoms. The third-order valence-electron chi connectivity index (χ3n) is 8.26. The van der Waals surface area contributed by atoms with E-state index in [2.05, 4.69) is 36.5 Å². The van der Waals surface area contributed by atoms with Crippen molar-refractivity contribution in [1.29, 1.82) is 0 Å². The number of nitrogens with one attached hydrogen (secondary N) is 1. The van der Waals surface area contributed by atoms with Crippen LogP contribution < -0.4 is 5.32 Å². The Kier molecular flexibility index (Phi) is 4.92. The van der Waals surface area contributed by atoms with Gasteiger partial charge >= 0.3 is 0 Å². The van der Waals surface area contributed by atoms with Crippen LogP contribution in [0, 0.1) is 23.2 Å². The summed E-state index contributed by atoms with van der Waals surface area (Å²) in [5.41, 5.74) is 2.55. The van der Waals surface area contributed by atoms with Gasteiger partial charge in [0, 0.05) is 24.9 Å². The number of carbonyl (C=O) groups excluding carboxylic acids is 2. The van der Waals surface area contributed by atoms with Crippen LogP contribution in [-0.2, 0) is 16.0 Å². The predicted octanol–water partition coefficient (Wildman–Crippen LogP) is 4.25. The van der Waals surface area contributed by atoms with Crippen LogP contribution in [0.15, 0.2) is 24.3 Å². The van der Waals surface area contributed by atoms with Crippen LogP contribution in [0.25, 0.3) is 0 Å². The van der Waals surface area contributed by atoms with Crippen molar-refractivity contribution >= 4 is 11.8 Å². The molecular weight excluding hydrogens is 360 g/mol. The Morgan fingerprint density at radius 1 is 1.07 bits per heavy atom. The minimum Gasteiger partial charge on any atom is -0.355 e. The second kappa shape index (κ2) is 7.45. The number of benzene rings is 1. The molecule has 5 aliphatic rings. The molecule has 1 aromatic carbocycles. The summed E-state index contributed by atoms with van der Waals surface area (Å²) in [6.45, 7) is 3.42. The van der Waals surface area contributed by atoms with Gasteiger partial charge in [-0.05, 0) is 80.2 Å². The number of hydrogen-bond acceptors (Lipinski definition) is 2. The minimum atomic E-state index is -0.117. The first-order chi connectivity index (χ1) is 14.1. The lowest BCUT2D eigenvalue weighted by Gasteiger charge is -2.55. The van der Waals surface area contributed by atoms with E-state index in [0.29, 0.717) is 13.0 Å². The summed E-state index contributed by atoms with van der Waals surface area (Å²) in [4.78, 5) is 28.1. The molecular formula is C25H34N2O2.